The molecule has 8 unspecified atom stereocenters. The summed E-state index contributed by atoms with van der Waals surface area (Å²) in [5, 5.41) is 64.8. The standard InChI is InChI=1S/C52H97NO9/c1-3-5-7-9-11-13-15-17-19-21-22-23-24-25-27-29-31-33-35-37-39-41-46(56)51(60)53-44(43-61-52-50(59)49(58)48(57)47(42-54)62-52)45(55)40-38-36-34-32-30-28-26-20-18-16-14-12-10-8-6-4-2/h24-25,30,32,38,40,44-50,52,54-59H,3-23,26-29,31,33-37,39,41-43H2,1-2H3,(H,53,60)/b25-24-,32-30+,40-38+. The molecule has 0 aromatic rings. The van der Waals surface area contributed by atoms with Crippen LogP contribution in [-0.2, 0) is 14.3 Å². The van der Waals surface area contributed by atoms with E-state index in [1.54, 1.807) is 6.08 Å². The van der Waals surface area contributed by atoms with Crippen LogP contribution in [0, 0.1) is 0 Å². The maximum absolute atomic E-state index is 13.1. The van der Waals surface area contributed by atoms with E-state index in [2.05, 4.69) is 43.5 Å². The fourth-order valence-corrected chi connectivity index (χ4v) is 8.06. The molecule has 1 rings (SSSR count). The highest BCUT2D eigenvalue weighted by molar-refractivity contribution is 5.80. The molecule has 0 saturated carbocycles. The monoisotopic (exact) mass is 880 g/mol. The summed E-state index contributed by atoms with van der Waals surface area (Å²) < 4.78 is 11.1. The average Bonchev–Trinajstić information content (AvgIpc) is 3.27. The van der Waals surface area contributed by atoms with Crippen molar-refractivity contribution >= 4 is 5.91 Å². The van der Waals surface area contributed by atoms with Crippen molar-refractivity contribution in [3.8, 4) is 0 Å². The van der Waals surface area contributed by atoms with Crippen molar-refractivity contribution in [2.75, 3.05) is 13.2 Å². The molecule has 0 bridgehead atoms. The summed E-state index contributed by atoms with van der Waals surface area (Å²) in [7, 11) is 0. The van der Waals surface area contributed by atoms with Gasteiger partial charge in [-0.1, -0.05) is 204 Å². The Bertz CT molecular complexity index is 1080. The van der Waals surface area contributed by atoms with E-state index < -0.39 is 61.5 Å². The van der Waals surface area contributed by atoms with Crippen LogP contribution in [0.25, 0.3) is 0 Å². The van der Waals surface area contributed by atoms with Crippen LogP contribution in [0.3, 0.4) is 0 Å². The Balaban J connectivity index is 2.36. The first-order valence-corrected chi connectivity index (χ1v) is 25.8. The summed E-state index contributed by atoms with van der Waals surface area (Å²) >= 11 is 0. The second-order valence-corrected chi connectivity index (χ2v) is 18.1. The number of carbonyl (C=O) groups is 1. The van der Waals surface area contributed by atoms with Gasteiger partial charge in [-0.2, -0.15) is 0 Å². The first kappa shape index (κ1) is 58.4. The van der Waals surface area contributed by atoms with Crippen LogP contribution in [0.15, 0.2) is 36.5 Å². The van der Waals surface area contributed by atoms with Gasteiger partial charge in [-0.3, -0.25) is 4.79 Å². The molecule has 62 heavy (non-hydrogen) atoms. The highest BCUT2D eigenvalue weighted by Gasteiger charge is 2.44. The lowest BCUT2D eigenvalue weighted by atomic mass is 9.99. The van der Waals surface area contributed by atoms with Gasteiger partial charge in [0.2, 0.25) is 5.91 Å². The Morgan fingerprint density at radius 3 is 1.40 bits per heavy atom. The third-order valence-electron chi connectivity index (χ3n) is 12.3. The number of hydrogen-bond donors (Lipinski definition) is 7. The minimum absolute atomic E-state index is 0.297. The molecule has 1 fully saturated rings. The molecule has 0 aromatic heterocycles. The fourth-order valence-electron chi connectivity index (χ4n) is 8.06. The number of hydrogen-bond acceptors (Lipinski definition) is 9. The van der Waals surface area contributed by atoms with E-state index in [0.717, 1.165) is 38.5 Å². The Hall–Kier alpha value is -1.63. The number of unbranched alkanes of at least 4 members (excludes halogenated alkanes) is 28. The summed E-state index contributed by atoms with van der Waals surface area (Å²) in [6.07, 6.45) is 42.3. The Morgan fingerprint density at radius 1 is 0.548 bits per heavy atom. The predicted octanol–water partition coefficient (Wildman–Crippen LogP) is 10.6. The van der Waals surface area contributed by atoms with Crippen molar-refractivity contribution in [3.63, 3.8) is 0 Å². The number of aliphatic hydroxyl groups is 6. The number of rotatable bonds is 43. The van der Waals surface area contributed by atoms with Gasteiger partial charge in [-0.25, -0.2) is 0 Å². The summed E-state index contributed by atoms with van der Waals surface area (Å²) in [5.41, 5.74) is 0. The molecule has 364 valence electrons. The van der Waals surface area contributed by atoms with Crippen LogP contribution in [0.2, 0.25) is 0 Å². The van der Waals surface area contributed by atoms with Gasteiger partial charge in [-0.05, 0) is 57.8 Å². The number of amides is 1. The number of carbonyl (C=O) groups excluding carboxylic acids is 1. The van der Waals surface area contributed by atoms with Crippen molar-refractivity contribution in [2.45, 2.75) is 275 Å². The van der Waals surface area contributed by atoms with E-state index in [-0.39, 0.29) is 6.61 Å². The van der Waals surface area contributed by atoms with Crippen molar-refractivity contribution in [1.29, 1.82) is 0 Å². The topological polar surface area (TPSA) is 169 Å². The summed E-state index contributed by atoms with van der Waals surface area (Å²) in [6, 6.07) is -0.999. The maximum atomic E-state index is 13.1. The van der Waals surface area contributed by atoms with Crippen LogP contribution < -0.4 is 5.32 Å². The average molecular weight is 880 g/mol. The molecule has 8 atom stereocenters. The minimum Gasteiger partial charge on any atom is -0.394 e. The van der Waals surface area contributed by atoms with E-state index in [9.17, 15) is 35.4 Å². The van der Waals surface area contributed by atoms with E-state index >= 15 is 0 Å². The van der Waals surface area contributed by atoms with Gasteiger partial charge < -0.3 is 45.4 Å². The van der Waals surface area contributed by atoms with Crippen molar-refractivity contribution < 1.29 is 44.9 Å². The third kappa shape index (κ3) is 31.3. The van der Waals surface area contributed by atoms with Gasteiger partial charge in [0, 0.05) is 0 Å². The molecule has 1 aliphatic rings. The molecule has 10 heteroatoms. The molecule has 10 nitrogen and oxygen atoms in total. The molecule has 0 aliphatic carbocycles. The van der Waals surface area contributed by atoms with E-state index in [4.69, 9.17) is 9.47 Å². The Morgan fingerprint density at radius 2 is 0.952 bits per heavy atom. The summed E-state index contributed by atoms with van der Waals surface area (Å²) in [4.78, 5) is 13.1. The van der Waals surface area contributed by atoms with Crippen LogP contribution in [0.5, 0.6) is 0 Å². The normalized spacial score (nSPS) is 21.1. The zero-order chi connectivity index (χ0) is 45.3. The summed E-state index contributed by atoms with van der Waals surface area (Å²) in [5.74, 6) is -0.630. The number of allylic oxidation sites excluding steroid dienone is 5. The molecular formula is C52H97NO9. The van der Waals surface area contributed by atoms with Crippen LogP contribution in [0.4, 0.5) is 0 Å². The van der Waals surface area contributed by atoms with Crippen molar-refractivity contribution in [3.05, 3.63) is 36.5 Å². The Kier molecular flexibility index (Phi) is 39.6. The first-order chi connectivity index (χ1) is 30.3. The zero-order valence-corrected chi connectivity index (χ0v) is 39.7. The predicted molar refractivity (Wildman–Crippen MR) is 255 cm³/mol. The van der Waals surface area contributed by atoms with E-state index in [1.165, 1.54) is 154 Å². The first-order valence-electron chi connectivity index (χ1n) is 25.8. The van der Waals surface area contributed by atoms with Crippen LogP contribution in [0.1, 0.15) is 226 Å². The maximum Gasteiger partial charge on any atom is 0.249 e. The van der Waals surface area contributed by atoms with Gasteiger partial charge in [0.05, 0.1) is 25.4 Å². The molecule has 0 aromatic carbocycles. The number of ether oxygens (including phenoxy) is 2. The smallest absolute Gasteiger partial charge is 0.249 e. The fraction of sp³-hybridized carbons (Fsp3) is 0.865. The van der Waals surface area contributed by atoms with Gasteiger partial charge in [0.25, 0.3) is 0 Å². The molecule has 7 N–H and O–H groups in total. The molecular weight excluding hydrogens is 783 g/mol. The SMILES string of the molecule is CCCCCCCCCCCC/C=C/CC/C=C/C(O)C(COC1OC(CO)C(O)C(O)C1O)NC(=O)C(O)CCCCCCCC/C=C\CCCCCCCCCCCCC. The molecule has 0 spiro atoms. The van der Waals surface area contributed by atoms with E-state index in [1.807, 2.05) is 6.08 Å². The second kappa shape index (κ2) is 42.0. The third-order valence-corrected chi connectivity index (χ3v) is 12.3. The van der Waals surface area contributed by atoms with Crippen molar-refractivity contribution in [2.24, 2.45) is 0 Å². The molecule has 1 heterocycles. The molecule has 0 radical (unpaired) electrons. The Labute approximate surface area is 379 Å². The number of aliphatic hydroxyl groups excluding tert-OH is 6. The van der Waals surface area contributed by atoms with Crippen molar-refractivity contribution in [1.82, 2.24) is 5.32 Å². The van der Waals surface area contributed by atoms with Crippen LogP contribution in [-0.4, -0.2) is 98.7 Å². The zero-order valence-electron chi connectivity index (χ0n) is 39.7. The highest BCUT2D eigenvalue weighted by Crippen LogP contribution is 2.23. The quantitative estimate of drug-likeness (QED) is 0.0233. The largest absolute Gasteiger partial charge is 0.394 e. The molecule has 1 amide bonds. The lowest BCUT2D eigenvalue weighted by Crippen LogP contribution is -2.60. The van der Waals surface area contributed by atoms with Gasteiger partial charge >= 0.3 is 0 Å². The van der Waals surface area contributed by atoms with Gasteiger partial charge in [0.15, 0.2) is 6.29 Å². The molecule has 1 saturated heterocycles. The highest BCUT2D eigenvalue weighted by atomic mass is 16.7. The molecule has 1 aliphatic heterocycles. The van der Waals surface area contributed by atoms with Gasteiger partial charge in [0.1, 0.15) is 30.5 Å². The van der Waals surface area contributed by atoms with E-state index in [0.29, 0.717) is 19.3 Å². The lowest BCUT2D eigenvalue weighted by molar-refractivity contribution is -0.302. The second-order valence-electron chi connectivity index (χ2n) is 18.1. The number of nitrogens with one attached hydrogen (secondary N) is 1. The summed E-state index contributed by atoms with van der Waals surface area (Å²) in [6.45, 7) is 3.60. The van der Waals surface area contributed by atoms with Crippen LogP contribution >= 0.6 is 0 Å². The lowest BCUT2D eigenvalue weighted by Gasteiger charge is -2.40. The van der Waals surface area contributed by atoms with Gasteiger partial charge in [-0.15, -0.1) is 0 Å². The minimum atomic E-state index is -1.62.